The summed E-state index contributed by atoms with van der Waals surface area (Å²) in [5.74, 6) is 1.30. The van der Waals surface area contributed by atoms with E-state index in [-0.39, 0.29) is 5.25 Å². The summed E-state index contributed by atoms with van der Waals surface area (Å²) in [7, 11) is 0. The highest BCUT2D eigenvalue weighted by molar-refractivity contribution is 7.81. The Kier molecular flexibility index (Phi) is 3.66. The summed E-state index contributed by atoms with van der Waals surface area (Å²) in [6.45, 7) is 5.70. The molecule has 1 rings (SSSR count). The van der Waals surface area contributed by atoms with Gasteiger partial charge in [0.05, 0.1) is 13.2 Å². The molecular weight excluding hydrogens is 170 g/mol. The van der Waals surface area contributed by atoms with E-state index in [0.29, 0.717) is 5.92 Å². The van der Waals surface area contributed by atoms with Gasteiger partial charge in [0, 0.05) is 5.25 Å². The van der Waals surface area contributed by atoms with Crippen LogP contribution in [0.4, 0.5) is 0 Å². The van der Waals surface area contributed by atoms with E-state index in [4.69, 9.17) is 4.74 Å². The zero-order valence-corrected chi connectivity index (χ0v) is 8.42. The van der Waals surface area contributed by atoms with Gasteiger partial charge in [-0.3, -0.25) is 4.99 Å². The molecule has 0 aromatic heterocycles. The molecule has 0 aromatic rings. The first kappa shape index (κ1) is 9.65. The van der Waals surface area contributed by atoms with Crippen LogP contribution in [-0.4, -0.2) is 24.3 Å². The van der Waals surface area contributed by atoms with Crippen molar-refractivity contribution in [3.8, 4) is 0 Å². The van der Waals surface area contributed by atoms with E-state index in [1.165, 1.54) is 0 Å². The molecule has 0 radical (unpaired) electrons. The van der Waals surface area contributed by atoms with Crippen molar-refractivity contribution in [3.63, 3.8) is 0 Å². The van der Waals surface area contributed by atoms with Crippen LogP contribution in [0.2, 0.25) is 0 Å². The van der Waals surface area contributed by atoms with Crippen molar-refractivity contribution in [2.75, 3.05) is 13.2 Å². The van der Waals surface area contributed by atoms with Crippen molar-refractivity contribution < 1.29 is 4.74 Å². The van der Waals surface area contributed by atoms with Gasteiger partial charge in [0.2, 0.25) is 5.90 Å². The highest BCUT2D eigenvalue weighted by atomic mass is 32.1. The maximum atomic E-state index is 5.42. The summed E-state index contributed by atoms with van der Waals surface area (Å²) < 4.78 is 5.42. The molecule has 0 amide bonds. The molecule has 0 aromatic carbocycles. The summed E-state index contributed by atoms with van der Waals surface area (Å²) in [6, 6.07) is 0. The van der Waals surface area contributed by atoms with E-state index in [2.05, 4.69) is 31.5 Å². The maximum Gasteiger partial charge on any atom is 0.208 e. The molecule has 68 valence electrons. The predicted molar refractivity (Wildman–Crippen MR) is 55.0 cm³/mol. The summed E-state index contributed by atoms with van der Waals surface area (Å²) in [6.07, 6.45) is 3.90. The average Bonchev–Trinajstić information content (AvgIpc) is 2.03. The van der Waals surface area contributed by atoms with Crippen LogP contribution in [0.3, 0.4) is 0 Å². The van der Waals surface area contributed by atoms with Crippen molar-refractivity contribution >= 4 is 18.5 Å². The molecule has 1 aliphatic heterocycles. The first-order valence-corrected chi connectivity index (χ1v) is 4.73. The quantitative estimate of drug-likeness (QED) is 0.652. The topological polar surface area (TPSA) is 21.6 Å². The van der Waals surface area contributed by atoms with E-state index in [9.17, 15) is 0 Å². The lowest BCUT2D eigenvalue weighted by atomic mass is 10.2. The van der Waals surface area contributed by atoms with Gasteiger partial charge in [0.1, 0.15) is 0 Å². The van der Waals surface area contributed by atoms with E-state index in [1.54, 1.807) is 0 Å². The highest BCUT2D eigenvalue weighted by Gasteiger charge is 2.06. The van der Waals surface area contributed by atoms with Gasteiger partial charge in [-0.25, -0.2) is 0 Å². The predicted octanol–water partition coefficient (Wildman–Crippen LogP) is 1.93. The number of rotatable bonds is 2. The fourth-order valence-corrected chi connectivity index (χ4v) is 1.00. The first-order chi connectivity index (χ1) is 5.68. The minimum Gasteiger partial charge on any atom is -0.478 e. The van der Waals surface area contributed by atoms with Crippen LogP contribution >= 0.6 is 12.6 Å². The maximum absolute atomic E-state index is 5.42. The van der Waals surface area contributed by atoms with Crippen LogP contribution in [0.25, 0.3) is 0 Å². The monoisotopic (exact) mass is 185 g/mol. The van der Waals surface area contributed by atoms with Gasteiger partial charge in [-0.1, -0.05) is 19.9 Å². The van der Waals surface area contributed by atoms with Crippen molar-refractivity contribution in [1.82, 2.24) is 0 Å². The molecule has 0 N–H and O–H groups in total. The second-order valence-corrected chi connectivity index (χ2v) is 3.97. The van der Waals surface area contributed by atoms with Crippen LogP contribution in [0.5, 0.6) is 0 Å². The molecule has 0 saturated heterocycles. The van der Waals surface area contributed by atoms with E-state index in [1.807, 2.05) is 12.2 Å². The number of nitrogens with zero attached hydrogens (tertiary/aromatic N) is 1. The second kappa shape index (κ2) is 4.55. The number of hydrogen-bond acceptors (Lipinski definition) is 3. The minimum atomic E-state index is 0.261. The van der Waals surface area contributed by atoms with Crippen molar-refractivity contribution in [3.05, 3.63) is 12.2 Å². The van der Waals surface area contributed by atoms with Crippen molar-refractivity contribution in [2.24, 2.45) is 10.9 Å². The molecular formula is C9H15NOS. The lowest BCUT2D eigenvalue weighted by Gasteiger charge is -2.12. The van der Waals surface area contributed by atoms with Crippen molar-refractivity contribution in [1.29, 1.82) is 0 Å². The van der Waals surface area contributed by atoms with Gasteiger partial charge in [0.25, 0.3) is 0 Å². The Morgan fingerprint density at radius 1 is 1.75 bits per heavy atom. The summed E-state index contributed by atoms with van der Waals surface area (Å²) in [5, 5.41) is 0.261. The van der Waals surface area contributed by atoms with Gasteiger partial charge in [-0.05, 0) is 12.0 Å². The standard InChI is InChI=1S/C9H15NOS/c1-7(2)6-11-9-4-3-8(12)5-10-9/h3-4,7-8,12H,5-6H2,1-2H3. The van der Waals surface area contributed by atoms with Crippen LogP contribution in [0, 0.1) is 5.92 Å². The van der Waals surface area contributed by atoms with Gasteiger partial charge in [-0.15, -0.1) is 0 Å². The summed E-state index contributed by atoms with van der Waals surface area (Å²) >= 11 is 4.26. The third-order valence-electron chi connectivity index (χ3n) is 1.46. The molecule has 0 aliphatic carbocycles. The minimum absolute atomic E-state index is 0.261. The van der Waals surface area contributed by atoms with Gasteiger partial charge >= 0.3 is 0 Å². The number of hydrogen-bond donors (Lipinski definition) is 1. The third kappa shape index (κ3) is 3.30. The molecule has 0 fully saturated rings. The highest BCUT2D eigenvalue weighted by Crippen LogP contribution is 2.05. The van der Waals surface area contributed by atoms with Crippen LogP contribution < -0.4 is 0 Å². The molecule has 0 saturated carbocycles. The Bertz CT molecular complexity index is 199. The van der Waals surface area contributed by atoms with Gasteiger partial charge in [-0.2, -0.15) is 12.6 Å². The largest absolute Gasteiger partial charge is 0.478 e. The molecule has 1 unspecified atom stereocenters. The Balaban J connectivity index is 2.30. The fraction of sp³-hybridized carbons (Fsp3) is 0.667. The zero-order valence-electron chi connectivity index (χ0n) is 7.53. The molecule has 1 atom stereocenters. The normalized spacial score (nSPS) is 22.7. The Morgan fingerprint density at radius 2 is 2.50 bits per heavy atom. The van der Waals surface area contributed by atoms with Crippen molar-refractivity contribution in [2.45, 2.75) is 19.1 Å². The molecule has 3 heteroatoms. The van der Waals surface area contributed by atoms with E-state index in [0.717, 1.165) is 19.0 Å². The second-order valence-electron chi connectivity index (χ2n) is 3.31. The van der Waals surface area contributed by atoms with Gasteiger partial charge in [0.15, 0.2) is 0 Å². The average molecular weight is 185 g/mol. The Hall–Kier alpha value is -0.440. The first-order valence-electron chi connectivity index (χ1n) is 4.22. The van der Waals surface area contributed by atoms with Gasteiger partial charge < -0.3 is 4.74 Å². The molecule has 1 heterocycles. The fourth-order valence-electron chi connectivity index (χ4n) is 0.836. The van der Waals surface area contributed by atoms with E-state index >= 15 is 0 Å². The number of ether oxygens (including phenoxy) is 1. The smallest absolute Gasteiger partial charge is 0.208 e. The molecule has 0 spiro atoms. The third-order valence-corrected chi connectivity index (χ3v) is 1.80. The number of dihydropyridines is 1. The number of aliphatic imine (C=N–C) groups is 1. The Morgan fingerprint density at radius 3 is 3.00 bits per heavy atom. The number of thiol groups is 1. The van der Waals surface area contributed by atoms with Crippen LogP contribution in [-0.2, 0) is 4.74 Å². The molecule has 2 nitrogen and oxygen atoms in total. The molecule has 12 heavy (non-hydrogen) atoms. The van der Waals surface area contributed by atoms with Crippen LogP contribution in [0.1, 0.15) is 13.8 Å². The van der Waals surface area contributed by atoms with Crippen LogP contribution in [0.15, 0.2) is 17.1 Å². The molecule has 1 aliphatic rings. The lowest BCUT2D eigenvalue weighted by molar-refractivity contribution is 0.259. The summed E-state index contributed by atoms with van der Waals surface area (Å²) in [4.78, 5) is 4.21. The Labute approximate surface area is 79.1 Å². The lowest BCUT2D eigenvalue weighted by Crippen LogP contribution is -2.14. The molecule has 0 bridgehead atoms. The van der Waals surface area contributed by atoms with E-state index < -0.39 is 0 Å². The summed E-state index contributed by atoms with van der Waals surface area (Å²) in [5.41, 5.74) is 0. The SMILES string of the molecule is CC(C)COC1=NCC(S)C=C1. The zero-order chi connectivity index (χ0) is 8.97.